The maximum atomic E-state index is 12.4. The number of esters is 4. The minimum atomic E-state index is -0.850. The predicted molar refractivity (Wildman–Crippen MR) is 204 cm³/mol. The van der Waals surface area contributed by atoms with E-state index in [1.165, 1.54) is 22.7 Å². The van der Waals surface area contributed by atoms with Crippen LogP contribution in [0.1, 0.15) is 66.6 Å². The highest BCUT2D eigenvalue weighted by Gasteiger charge is 2.28. The first-order chi connectivity index (χ1) is 25.2. The fraction of sp³-hybridized carbons (Fsp3) is 0.317. The summed E-state index contributed by atoms with van der Waals surface area (Å²) in [5.74, 6) is -1.03. The number of rotatable bonds is 18. The van der Waals surface area contributed by atoms with E-state index < -0.39 is 41.5 Å². The van der Waals surface area contributed by atoms with Crippen LogP contribution >= 0.6 is 22.7 Å². The lowest BCUT2D eigenvalue weighted by Gasteiger charge is -2.29. The molecule has 10 nitrogen and oxygen atoms in total. The van der Waals surface area contributed by atoms with Gasteiger partial charge in [-0.05, 0) is 84.0 Å². The number of ether oxygens (including phenoxy) is 6. The Labute approximate surface area is 317 Å². The quantitative estimate of drug-likeness (QED) is 0.0560. The van der Waals surface area contributed by atoms with Crippen molar-refractivity contribution in [2.45, 2.75) is 59.2 Å². The van der Waals surface area contributed by atoms with Crippen LogP contribution in [-0.4, -0.2) is 62.5 Å². The maximum Gasteiger partial charge on any atom is 0.348 e. The largest absolute Gasteiger partial charge is 0.489 e. The first-order valence-corrected chi connectivity index (χ1v) is 18.6. The summed E-state index contributed by atoms with van der Waals surface area (Å²) in [5.41, 5.74) is 5.19. The summed E-state index contributed by atoms with van der Waals surface area (Å²) in [5, 5.41) is 3.55. The highest BCUT2D eigenvalue weighted by Crippen LogP contribution is 2.38. The standard InChI is InChI=1S/C41H44O10S2/c1-9-35(42)50-31(23-48-39(44)33-13-11-15-52-33)21-46-37-25(3)17-29(18-26(37)4)41(7,8)30-19-27(5)38(28(6)20-30)47-22-32(51-36(43)10-2)24-49-40(45)34-14-12-16-53-34/h9-20,31-32H,1-2,21-24H2,3-8H3. The van der Waals surface area contributed by atoms with Gasteiger partial charge in [-0.15, -0.1) is 22.7 Å². The molecule has 0 radical (unpaired) electrons. The molecule has 0 N–H and O–H groups in total. The zero-order chi connectivity index (χ0) is 38.7. The van der Waals surface area contributed by atoms with Gasteiger partial charge in [-0.1, -0.05) is 63.4 Å². The number of hydrogen-bond donors (Lipinski definition) is 0. The van der Waals surface area contributed by atoms with Crippen molar-refractivity contribution >= 4 is 46.6 Å². The maximum absolute atomic E-state index is 12.4. The molecule has 4 aromatic rings. The molecule has 2 heterocycles. The topological polar surface area (TPSA) is 124 Å². The summed E-state index contributed by atoms with van der Waals surface area (Å²) in [7, 11) is 0. The molecule has 0 spiro atoms. The van der Waals surface area contributed by atoms with Gasteiger partial charge in [0.25, 0.3) is 0 Å². The van der Waals surface area contributed by atoms with Gasteiger partial charge >= 0.3 is 23.9 Å². The van der Waals surface area contributed by atoms with Crippen molar-refractivity contribution in [2.24, 2.45) is 0 Å². The molecule has 0 aliphatic heterocycles. The van der Waals surface area contributed by atoms with Crippen LogP contribution in [0.25, 0.3) is 0 Å². The highest BCUT2D eigenvalue weighted by atomic mass is 32.1. The summed E-state index contributed by atoms with van der Waals surface area (Å²) in [4.78, 5) is 49.7. The minimum absolute atomic E-state index is 0.0354. The van der Waals surface area contributed by atoms with E-state index in [2.05, 4.69) is 51.3 Å². The average molecular weight is 761 g/mol. The van der Waals surface area contributed by atoms with E-state index >= 15 is 0 Å². The van der Waals surface area contributed by atoms with Crippen LogP contribution in [-0.2, 0) is 34.0 Å². The van der Waals surface area contributed by atoms with Gasteiger partial charge in [0.05, 0.1) is 0 Å². The van der Waals surface area contributed by atoms with Crippen LogP contribution < -0.4 is 9.47 Å². The molecule has 0 bridgehead atoms. The Kier molecular flexibility index (Phi) is 14.2. The van der Waals surface area contributed by atoms with E-state index in [4.69, 9.17) is 28.4 Å². The van der Waals surface area contributed by atoms with Crippen molar-refractivity contribution < 1.29 is 47.6 Å². The van der Waals surface area contributed by atoms with Gasteiger partial charge in [-0.2, -0.15) is 0 Å². The average Bonchev–Trinajstić information content (AvgIpc) is 3.87. The molecule has 12 heteroatoms. The van der Waals surface area contributed by atoms with Crippen LogP contribution in [0.4, 0.5) is 0 Å². The molecule has 2 aromatic heterocycles. The van der Waals surface area contributed by atoms with E-state index in [9.17, 15) is 19.2 Å². The van der Waals surface area contributed by atoms with E-state index in [1.54, 1.807) is 35.0 Å². The number of thiophene rings is 2. The molecule has 53 heavy (non-hydrogen) atoms. The summed E-state index contributed by atoms with van der Waals surface area (Å²) in [6, 6.07) is 15.1. The predicted octanol–water partition coefficient (Wildman–Crippen LogP) is 8.04. The number of benzene rings is 2. The molecule has 0 saturated carbocycles. The zero-order valence-corrected chi connectivity index (χ0v) is 32.4. The summed E-state index contributed by atoms with van der Waals surface area (Å²) in [6.07, 6.45) is 0.398. The van der Waals surface area contributed by atoms with Gasteiger partial charge in [0, 0.05) is 17.6 Å². The normalized spacial score (nSPS) is 12.2. The molecule has 4 rings (SSSR count). The van der Waals surface area contributed by atoms with Gasteiger partial charge < -0.3 is 28.4 Å². The Morgan fingerprint density at radius 3 is 1.30 bits per heavy atom. The van der Waals surface area contributed by atoms with Crippen molar-refractivity contribution in [1.82, 2.24) is 0 Å². The van der Waals surface area contributed by atoms with E-state index in [0.717, 1.165) is 45.5 Å². The number of carbonyl (C=O) groups excluding carboxylic acids is 4. The Morgan fingerprint density at radius 2 is 1.00 bits per heavy atom. The van der Waals surface area contributed by atoms with Gasteiger partial charge in [0.15, 0.2) is 12.2 Å². The lowest BCUT2D eigenvalue weighted by Crippen LogP contribution is -2.30. The summed E-state index contributed by atoms with van der Waals surface area (Å²) < 4.78 is 34.0. The van der Waals surface area contributed by atoms with Gasteiger partial charge in [-0.3, -0.25) is 0 Å². The second kappa shape index (κ2) is 18.5. The molecule has 0 aliphatic carbocycles. The lowest BCUT2D eigenvalue weighted by atomic mass is 9.76. The Balaban J connectivity index is 1.46. The Bertz CT molecular complexity index is 1740. The lowest BCUT2D eigenvalue weighted by molar-refractivity contribution is -0.147. The van der Waals surface area contributed by atoms with Crippen molar-refractivity contribution in [3.05, 3.63) is 128 Å². The molecule has 0 saturated heterocycles. The Hall–Kier alpha value is -5.20. The SMILES string of the molecule is C=CC(=O)OC(COC(=O)c1cccs1)COc1c(C)cc(C(C)(C)c2cc(C)c(OCC(COC(=O)c3cccs3)OC(=O)C=C)c(C)c2)cc1C. The molecular weight excluding hydrogens is 717 g/mol. The van der Waals surface area contributed by atoms with Crippen LogP contribution in [0.15, 0.2) is 84.6 Å². The van der Waals surface area contributed by atoms with Crippen molar-refractivity contribution in [3.63, 3.8) is 0 Å². The monoisotopic (exact) mass is 760 g/mol. The molecule has 280 valence electrons. The van der Waals surface area contributed by atoms with Crippen molar-refractivity contribution in [3.8, 4) is 11.5 Å². The summed E-state index contributed by atoms with van der Waals surface area (Å²) >= 11 is 2.52. The molecule has 2 atom stereocenters. The van der Waals surface area contributed by atoms with Crippen LogP contribution in [0.5, 0.6) is 11.5 Å². The van der Waals surface area contributed by atoms with Crippen LogP contribution in [0.3, 0.4) is 0 Å². The third-order valence-electron chi connectivity index (χ3n) is 8.34. The summed E-state index contributed by atoms with van der Waals surface area (Å²) in [6.45, 7) is 18.5. The first-order valence-electron chi connectivity index (χ1n) is 16.8. The van der Waals surface area contributed by atoms with Gasteiger partial charge in [0.1, 0.15) is 47.7 Å². The molecular formula is C41H44O10S2. The molecule has 0 fully saturated rings. The van der Waals surface area contributed by atoms with E-state index in [0.29, 0.717) is 21.3 Å². The van der Waals surface area contributed by atoms with Gasteiger partial charge in [0.2, 0.25) is 0 Å². The number of carbonyl (C=O) groups is 4. The first kappa shape index (κ1) is 40.6. The number of hydrogen-bond acceptors (Lipinski definition) is 12. The fourth-order valence-electron chi connectivity index (χ4n) is 5.52. The third kappa shape index (κ3) is 10.9. The molecule has 0 amide bonds. The van der Waals surface area contributed by atoms with Crippen LogP contribution in [0, 0.1) is 27.7 Å². The fourth-order valence-corrected chi connectivity index (χ4v) is 6.75. The zero-order valence-electron chi connectivity index (χ0n) is 30.7. The third-order valence-corrected chi connectivity index (χ3v) is 10.0. The minimum Gasteiger partial charge on any atom is -0.489 e. The highest BCUT2D eigenvalue weighted by molar-refractivity contribution is 7.12. The second-order valence-electron chi connectivity index (χ2n) is 12.8. The van der Waals surface area contributed by atoms with E-state index in [-0.39, 0.29) is 26.4 Å². The smallest absolute Gasteiger partial charge is 0.348 e. The van der Waals surface area contributed by atoms with Crippen molar-refractivity contribution in [2.75, 3.05) is 26.4 Å². The Morgan fingerprint density at radius 1 is 0.642 bits per heavy atom. The molecule has 0 aliphatic rings. The molecule has 2 unspecified atom stereocenters. The van der Waals surface area contributed by atoms with Crippen LogP contribution in [0.2, 0.25) is 0 Å². The van der Waals surface area contributed by atoms with E-state index in [1.807, 2.05) is 27.7 Å². The van der Waals surface area contributed by atoms with Gasteiger partial charge in [-0.25, -0.2) is 19.2 Å². The number of aryl methyl sites for hydroxylation is 4. The molecule has 2 aromatic carbocycles. The van der Waals surface area contributed by atoms with Crippen molar-refractivity contribution in [1.29, 1.82) is 0 Å². The second-order valence-corrected chi connectivity index (χ2v) is 14.7.